The predicted molar refractivity (Wildman–Crippen MR) is 49.9 cm³/mol. The highest BCUT2D eigenvalue weighted by molar-refractivity contribution is 5.69. The molecule has 1 amide bonds. The Balaban J connectivity index is 4.42. The molecular weight excluding hydrogens is 227 g/mol. The van der Waals surface area contributed by atoms with Crippen LogP contribution in [0.1, 0.15) is 27.2 Å². The number of hydrogen-bond donors (Lipinski definition) is 1. The van der Waals surface area contributed by atoms with Crippen LogP contribution in [-0.4, -0.2) is 30.2 Å². The molecule has 0 spiro atoms. The second-order valence-electron chi connectivity index (χ2n) is 4.14. The smallest absolute Gasteiger partial charge is 0.409 e. The Morgan fingerprint density at radius 2 is 1.88 bits per heavy atom. The molecule has 1 unspecified atom stereocenters. The molecule has 94 valence electrons. The third kappa shape index (κ3) is 6.26. The summed E-state index contributed by atoms with van der Waals surface area (Å²) in [7, 11) is 0. The molecule has 0 fully saturated rings. The molecule has 0 aliphatic rings. The van der Waals surface area contributed by atoms with Gasteiger partial charge in [-0.2, -0.15) is 13.2 Å². The third-order valence-corrected chi connectivity index (χ3v) is 1.42. The van der Waals surface area contributed by atoms with E-state index in [4.69, 9.17) is 0 Å². The number of alkyl halides is 3. The summed E-state index contributed by atoms with van der Waals surface area (Å²) in [4.78, 5) is 21.1. The number of ether oxygens (including phenoxy) is 1. The number of hydrogen-bond acceptors (Lipinski definition) is 3. The van der Waals surface area contributed by atoms with Gasteiger partial charge in [0.25, 0.3) is 0 Å². The number of carbonyl (C=O) groups excluding carboxylic acids is 2. The van der Waals surface area contributed by atoms with Crippen molar-refractivity contribution in [1.29, 1.82) is 0 Å². The Morgan fingerprint density at radius 1 is 1.38 bits per heavy atom. The van der Waals surface area contributed by atoms with Crippen LogP contribution in [0.25, 0.3) is 0 Å². The van der Waals surface area contributed by atoms with Gasteiger partial charge in [0.1, 0.15) is 17.9 Å². The molecule has 0 radical (unpaired) electrons. The van der Waals surface area contributed by atoms with E-state index in [1.54, 1.807) is 5.32 Å². The monoisotopic (exact) mass is 241 g/mol. The molecule has 0 bridgehead atoms. The third-order valence-electron chi connectivity index (χ3n) is 1.42. The summed E-state index contributed by atoms with van der Waals surface area (Å²) in [5, 5.41) is 1.60. The van der Waals surface area contributed by atoms with Crippen molar-refractivity contribution in [1.82, 2.24) is 5.32 Å². The second kappa shape index (κ2) is 5.18. The molecule has 0 saturated heterocycles. The van der Waals surface area contributed by atoms with Crippen LogP contribution in [0.2, 0.25) is 0 Å². The number of carbonyl (C=O) groups is 2. The first-order valence-electron chi connectivity index (χ1n) is 4.56. The minimum Gasteiger partial charge on any atom is -0.444 e. The minimum absolute atomic E-state index is 0.0928. The van der Waals surface area contributed by atoms with Gasteiger partial charge in [0.05, 0.1) is 0 Å². The summed E-state index contributed by atoms with van der Waals surface area (Å²) in [5.41, 5.74) is -0.887. The fraction of sp³-hybridized carbons (Fsp3) is 0.778. The van der Waals surface area contributed by atoms with Crippen LogP contribution in [-0.2, 0) is 9.53 Å². The summed E-state index contributed by atoms with van der Waals surface area (Å²) in [6.45, 7) is 4.57. The van der Waals surface area contributed by atoms with Crippen LogP contribution in [0.3, 0.4) is 0 Å². The number of halogens is 3. The van der Waals surface area contributed by atoms with Crippen LogP contribution in [0.15, 0.2) is 0 Å². The zero-order chi connectivity index (χ0) is 13.0. The molecule has 0 heterocycles. The topological polar surface area (TPSA) is 55.4 Å². The number of rotatable bonds is 3. The molecule has 7 heteroatoms. The summed E-state index contributed by atoms with van der Waals surface area (Å²) in [6, 6.07) is -2.21. The first kappa shape index (κ1) is 14.7. The van der Waals surface area contributed by atoms with Crippen LogP contribution in [0.5, 0.6) is 0 Å². The molecule has 1 N–H and O–H groups in total. The summed E-state index contributed by atoms with van der Waals surface area (Å²) in [5.74, 6) is 0. The van der Waals surface area contributed by atoms with Gasteiger partial charge in [-0.25, -0.2) is 4.79 Å². The maximum atomic E-state index is 12.3. The average Bonchev–Trinajstić information content (AvgIpc) is 1.97. The minimum atomic E-state index is -4.67. The molecule has 4 nitrogen and oxygen atoms in total. The molecule has 0 aromatic rings. The van der Waals surface area contributed by atoms with Gasteiger partial charge < -0.3 is 14.8 Å². The fourth-order valence-corrected chi connectivity index (χ4v) is 0.820. The summed E-state index contributed by atoms with van der Waals surface area (Å²) in [6.07, 6.45) is -6.60. The Labute approximate surface area is 91.1 Å². The standard InChI is InChI=1S/C9H14F3NO3/c1-8(2,3)16-7(15)13-6(4-5-14)9(10,11)12/h5-6H,4H2,1-3H3,(H,13,15). The molecule has 0 aromatic carbocycles. The molecule has 0 aliphatic heterocycles. The quantitative estimate of drug-likeness (QED) is 0.769. The van der Waals surface area contributed by atoms with E-state index in [0.29, 0.717) is 0 Å². The van der Waals surface area contributed by atoms with Gasteiger partial charge in [-0.1, -0.05) is 0 Å². The maximum absolute atomic E-state index is 12.3. The summed E-state index contributed by atoms with van der Waals surface area (Å²) < 4.78 is 41.5. The highest BCUT2D eigenvalue weighted by atomic mass is 19.4. The highest BCUT2D eigenvalue weighted by Gasteiger charge is 2.41. The van der Waals surface area contributed by atoms with E-state index in [1.807, 2.05) is 0 Å². The lowest BCUT2D eigenvalue weighted by molar-refractivity contribution is -0.158. The summed E-state index contributed by atoms with van der Waals surface area (Å²) >= 11 is 0. The lowest BCUT2D eigenvalue weighted by atomic mass is 10.2. The van der Waals surface area contributed by atoms with Crippen molar-refractivity contribution < 1.29 is 27.5 Å². The van der Waals surface area contributed by atoms with E-state index in [9.17, 15) is 22.8 Å². The van der Waals surface area contributed by atoms with E-state index in [1.165, 1.54) is 20.8 Å². The zero-order valence-electron chi connectivity index (χ0n) is 9.22. The normalized spacial score (nSPS) is 14.1. The van der Waals surface area contributed by atoms with Crippen molar-refractivity contribution in [3.63, 3.8) is 0 Å². The van der Waals surface area contributed by atoms with E-state index in [-0.39, 0.29) is 6.29 Å². The highest BCUT2D eigenvalue weighted by Crippen LogP contribution is 2.22. The van der Waals surface area contributed by atoms with Crippen LogP contribution in [0.4, 0.5) is 18.0 Å². The molecule has 0 rings (SSSR count). The lowest BCUT2D eigenvalue weighted by Crippen LogP contribution is -2.47. The van der Waals surface area contributed by atoms with Crippen molar-refractivity contribution in [3.8, 4) is 0 Å². The molecular formula is C9H14F3NO3. The Hall–Kier alpha value is -1.27. The van der Waals surface area contributed by atoms with Crippen LogP contribution >= 0.6 is 0 Å². The Morgan fingerprint density at radius 3 is 2.19 bits per heavy atom. The first-order valence-corrected chi connectivity index (χ1v) is 4.56. The van der Waals surface area contributed by atoms with Gasteiger partial charge in [0.2, 0.25) is 0 Å². The predicted octanol–water partition coefficient (Wildman–Crippen LogP) is 2.03. The van der Waals surface area contributed by atoms with E-state index < -0.39 is 30.3 Å². The van der Waals surface area contributed by atoms with Crippen LogP contribution in [0, 0.1) is 0 Å². The van der Waals surface area contributed by atoms with Gasteiger partial charge >= 0.3 is 12.3 Å². The van der Waals surface area contributed by atoms with Gasteiger partial charge in [0, 0.05) is 6.42 Å². The van der Waals surface area contributed by atoms with Crippen LogP contribution < -0.4 is 5.32 Å². The van der Waals surface area contributed by atoms with E-state index in [2.05, 4.69) is 4.74 Å². The van der Waals surface area contributed by atoms with Crippen molar-refractivity contribution >= 4 is 12.4 Å². The number of aldehydes is 1. The number of alkyl carbamates (subject to hydrolysis) is 1. The number of nitrogens with one attached hydrogen (secondary N) is 1. The van der Waals surface area contributed by atoms with Gasteiger partial charge in [-0.15, -0.1) is 0 Å². The number of amides is 1. The van der Waals surface area contributed by atoms with E-state index >= 15 is 0 Å². The zero-order valence-corrected chi connectivity index (χ0v) is 9.22. The van der Waals surface area contributed by atoms with Gasteiger partial charge in [-0.05, 0) is 20.8 Å². The van der Waals surface area contributed by atoms with E-state index in [0.717, 1.165) is 0 Å². The van der Waals surface area contributed by atoms with Gasteiger partial charge in [0.15, 0.2) is 0 Å². The first-order chi connectivity index (χ1) is 7.06. The van der Waals surface area contributed by atoms with Crippen molar-refractivity contribution in [3.05, 3.63) is 0 Å². The van der Waals surface area contributed by atoms with Crippen molar-refractivity contribution in [2.75, 3.05) is 0 Å². The lowest BCUT2D eigenvalue weighted by Gasteiger charge is -2.23. The maximum Gasteiger partial charge on any atom is 0.409 e. The molecule has 1 atom stereocenters. The largest absolute Gasteiger partial charge is 0.444 e. The average molecular weight is 241 g/mol. The Kier molecular flexibility index (Phi) is 4.77. The molecule has 16 heavy (non-hydrogen) atoms. The van der Waals surface area contributed by atoms with Crippen molar-refractivity contribution in [2.24, 2.45) is 0 Å². The molecule has 0 aliphatic carbocycles. The Bertz CT molecular complexity index is 258. The van der Waals surface area contributed by atoms with Crippen molar-refractivity contribution in [2.45, 2.75) is 45.0 Å². The SMILES string of the molecule is CC(C)(C)OC(=O)NC(CC=O)C(F)(F)F. The molecule has 0 saturated carbocycles. The fourth-order valence-electron chi connectivity index (χ4n) is 0.820. The van der Waals surface area contributed by atoms with Gasteiger partial charge in [-0.3, -0.25) is 0 Å². The second-order valence-corrected chi connectivity index (χ2v) is 4.14. The molecule has 0 aromatic heterocycles.